The van der Waals surface area contributed by atoms with Gasteiger partial charge in [-0.3, -0.25) is 0 Å². The van der Waals surface area contributed by atoms with Gasteiger partial charge in [-0.1, -0.05) is 48.5 Å². The molecular weight excluding hydrogens is 224 g/mol. The summed E-state index contributed by atoms with van der Waals surface area (Å²) in [6.07, 6.45) is 1.83. The van der Waals surface area contributed by atoms with Crippen molar-refractivity contribution in [3.63, 3.8) is 0 Å². The summed E-state index contributed by atoms with van der Waals surface area (Å²) in [5, 5.41) is 12.3. The Labute approximate surface area is 108 Å². The molecule has 0 bridgehead atoms. The average Bonchev–Trinajstić information content (AvgIpc) is 2.39. The lowest BCUT2D eigenvalue weighted by atomic mass is 10.0. The molecule has 0 saturated heterocycles. The van der Waals surface area contributed by atoms with Crippen molar-refractivity contribution in [1.82, 2.24) is 0 Å². The van der Waals surface area contributed by atoms with Gasteiger partial charge in [0.05, 0.1) is 19.3 Å². The fraction of sp³-hybridized carbons (Fsp3) is 0.250. The summed E-state index contributed by atoms with van der Waals surface area (Å²) in [4.78, 5) is 0. The predicted molar refractivity (Wildman–Crippen MR) is 74.7 cm³/mol. The molecule has 0 aliphatic rings. The molecule has 2 heteroatoms. The van der Waals surface area contributed by atoms with Gasteiger partial charge in [0.15, 0.2) is 0 Å². The van der Waals surface area contributed by atoms with Crippen LogP contribution in [0.4, 0.5) is 0 Å². The summed E-state index contributed by atoms with van der Waals surface area (Å²) < 4.78 is 5.24. The van der Waals surface area contributed by atoms with E-state index in [0.717, 1.165) is 5.56 Å². The SMILES string of the molecule is C=CCOCC(O)Cc1ccc2ccccc2c1. The monoisotopic (exact) mass is 242 g/mol. The van der Waals surface area contributed by atoms with E-state index in [1.54, 1.807) is 6.08 Å². The van der Waals surface area contributed by atoms with Gasteiger partial charge in [0.25, 0.3) is 0 Å². The highest BCUT2D eigenvalue weighted by molar-refractivity contribution is 5.82. The molecule has 94 valence electrons. The lowest BCUT2D eigenvalue weighted by Gasteiger charge is -2.11. The average molecular weight is 242 g/mol. The first kappa shape index (κ1) is 12.8. The molecule has 0 saturated carbocycles. The second kappa shape index (κ2) is 6.34. The third-order valence-corrected chi connectivity index (χ3v) is 2.83. The Morgan fingerprint density at radius 1 is 1.17 bits per heavy atom. The van der Waals surface area contributed by atoms with Crippen molar-refractivity contribution in [2.45, 2.75) is 12.5 Å². The van der Waals surface area contributed by atoms with Crippen molar-refractivity contribution in [2.24, 2.45) is 0 Å². The Kier molecular flexibility index (Phi) is 4.51. The van der Waals surface area contributed by atoms with Gasteiger partial charge < -0.3 is 9.84 Å². The summed E-state index contributed by atoms with van der Waals surface area (Å²) >= 11 is 0. The maximum atomic E-state index is 9.84. The van der Waals surface area contributed by atoms with Gasteiger partial charge in [0.2, 0.25) is 0 Å². The number of hydrogen-bond donors (Lipinski definition) is 1. The van der Waals surface area contributed by atoms with E-state index in [4.69, 9.17) is 4.74 Å². The van der Waals surface area contributed by atoms with Crippen LogP contribution >= 0.6 is 0 Å². The Balaban J connectivity index is 2.00. The molecule has 0 amide bonds. The van der Waals surface area contributed by atoms with Crippen LogP contribution in [-0.4, -0.2) is 24.4 Å². The molecule has 2 rings (SSSR count). The third-order valence-electron chi connectivity index (χ3n) is 2.83. The maximum absolute atomic E-state index is 9.84. The van der Waals surface area contributed by atoms with Crippen molar-refractivity contribution in [3.8, 4) is 0 Å². The fourth-order valence-corrected chi connectivity index (χ4v) is 1.98. The zero-order chi connectivity index (χ0) is 12.8. The van der Waals surface area contributed by atoms with Crippen LogP contribution in [0.3, 0.4) is 0 Å². The van der Waals surface area contributed by atoms with Gasteiger partial charge in [-0.15, -0.1) is 6.58 Å². The number of aliphatic hydroxyl groups excluding tert-OH is 1. The zero-order valence-corrected chi connectivity index (χ0v) is 10.4. The predicted octanol–water partition coefficient (Wildman–Crippen LogP) is 2.95. The van der Waals surface area contributed by atoms with E-state index in [-0.39, 0.29) is 0 Å². The Hall–Kier alpha value is -1.64. The van der Waals surface area contributed by atoms with Crippen molar-refractivity contribution in [2.75, 3.05) is 13.2 Å². The Bertz CT molecular complexity index is 519. The third kappa shape index (κ3) is 3.42. The number of rotatable bonds is 6. The quantitative estimate of drug-likeness (QED) is 0.623. The molecule has 2 aromatic carbocycles. The highest BCUT2D eigenvalue weighted by atomic mass is 16.5. The molecular formula is C16H18O2. The minimum atomic E-state index is -0.467. The fourth-order valence-electron chi connectivity index (χ4n) is 1.98. The lowest BCUT2D eigenvalue weighted by molar-refractivity contribution is 0.0497. The standard InChI is InChI=1S/C16H18O2/c1-2-9-18-12-16(17)11-13-7-8-14-5-3-4-6-15(14)10-13/h2-8,10,16-17H,1,9,11-12H2. The number of aliphatic hydroxyl groups is 1. The molecule has 0 aliphatic heterocycles. The summed E-state index contributed by atoms with van der Waals surface area (Å²) in [6, 6.07) is 14.5. The minimum Gasteiger partial charge on any atom is -0.390 e. The lowest BCUT2D eigenvalue weighted by Crippen LogP contribution is -2.18. The molecule has 2 nitrogen and oxygen atoms in total. The molecule has 0 heterocycles. The van der Waals surface area contributed by atoms with Crippen LogP contribution in [0.2, 0.25) is 0 Å². The largest absolute Gasteiger partial charge is 0.390 e. The van der Waals surface area contributed by atoms with E-state index >= 15 is 0 Å². The Morgan fingerprint density at radius 2 is 1.94 bits per heavy atom. The number of hydrogen-bond acceptors (Lipinski definition) is 2. The van der Waals surface area contributed by atoms with Crippen molar-refractivity contribution >= 4 is 10.8 Å². The van der Waals surface area contributed by atoms with Crippen molar-refractivity contribution < 1.29 is 9.84 Å². The van der Waals surface area contributed by atoms with E-state index in [1.807, 2.05) is 12.1 Å². The van der Waals surface area contributed by atoms with E-state index in [9.17, 15) is 5.11 Å². The second-order valence-corrected chi connectivity index (χ2v) is 4.37. The molecule has 1 N–H and O–H groups in total. The van der Waals surface area contributed by atoms with E-state index < -0.39 is 6.10 Å². The van der Waals surface area contributed by atoms with E-state index in [0.29, 0.717) is 19.6 Å². The highest BCUT2D eigenvalue weighted by Gasteiger charge is 2.06. The Morgan fingerprint density at radius 3 is 2.72 bits per heavy atom. The van der Waals surface area contributed by atoms with Crippen LogP contribution in [0.5, 0.6) is 0 Å². The van der Waals surface area contributed by atoms with Crippen LogP contribution < -0.4 is 0 Å². The van der Waals surface area contributed by atoms with Gasteiger partial charge in [-0.25, -0.2) is 0 Å². The van der Waals surface area contributed by atoms with Crippen LogP contribution in [0.25, 0.3) is 10.8 Å². The molecule has 2 aromatic rings. The van der Waals surface area contributed by atoms with Gasteiger partial charge in [-0.05, 0) is 16.3 Å². The molecule has 1 atom stereocenters. The normalized spacial score (nSPS) is 12.5. The molecule has 18 heavy (non-hydrogen) atoms. The number of ether oxygens (including phenoxy) is 1. The molecule has 0 aromatic heterocycles. The molecule has 0 fully saturated rings. The van der Waals surface area contributed by atoms with Crippen molar-refractivity contribution in [3.05, 3.63) is 60.7 Å². The van der Waals surface area contributed by atoms with Crippen LogP contribution in [0.1, 0.15) is 5.56 Å². The molecule has 0 radical (unpaired) electrons. The van der Waals surface area contributed by atoms with E-state index in [2.05, 4.69) is 36.9 Å². The maximum Gasteiger partial charge on any atom is 0.0814 e. The molecule has 0 spiro atoms. The smallest absolute Gasteiger partial charge is 0.0814 e. The van der Waals surface area contributed by atoms with Gasteiger partial charge in [-0.2, -0.15) is 0 Å². The van der Waals surface area contributed by atoms with E-state index in [1.165, 1.54) is 10.8 Å². The van der Waals surface area contributed by atoms with Crippen LogP contribution in [0.15, 0.2) is 55.1 Å². The topological polar surface area (TPSA) is 29.5 Å². The zero-order valence-electron chi connectivity index (χ0n) is 10.4. The summed E-state index contributed by atoms with van der Waals surface area (Å²) in [7, 11) is 0. The molecule has 1 unspecified atom stereocenters. The summed E-state index contributed by atoms with van der Waals surface area (Å²) in [5.41, 5.74) is 1.13. The number of benzene rings is 2. The summed E-state index contributed by atoms with van der Waals surface area (Å²) in [5.74, 6) is 0. The first-order chi connectivity index (χ1) is 8.79. The number of fused-ring (bicyclic) bond motifs is 1. The highest BCUT2D eigenvalue weighted by Crippen LogP contribution is 2.16. The van der Waals surface area contributed by atoms with Gasteiger partial charge in [0.1, 0.15) is 0 Å². The van der Waals surface area contributed by atoms with Crippen LogP contribution in [0, 0.1) is 0 Å². The minimum absolute atomic E-state index is 0.346. The first-order valence-corrected chi connectivity index (χ1v) is 6.14. The van der Waals surface area contributed by atoms with Crippen molar-refractivity contribution in [1.29, 1.82) is 0 Å². The summed E-state index contributed by atoms with van der Waals surface area (Å²) in [6.45, 7) is 4.40. The van der Waals surface area contributed by atoms with Crippen LogP contribution in [-0.2, 0) is 11.2 Å². The van der Waals surface area contributed by atoms with Gasteiger partial charge in [0, 0.05) is 6.42 Å². The van der Waals surface area contributed by atoms with Gasteiger partial charge >= 0.3 is 0 Å². The first-order valence-electron chi connectivity index (χ1n) is 6.14. The molecule has 0 aliphatic carbocycles. The second-order valence-electron chi connectivity index (χ2n) is 4.37.